The molecule has 4 aromatic rings. The van der Waals surface area contributed by atoms with Crippen molar-refractivity contribution in [3.05, 3.63) is 106 Å². The number of rotatable bonds is 5. The number of benzene rings is 2. The molecule has 0 atom stereocenters. The summed E-state index contributed by atoms with van der Waals surface area (Å²) in [5.74, 6) is -0.789. The van der Waals surface area contributed by atoms with Crippen LogP contribution < -0.4 is 15.6 Å². The summed E-state index contributed by atoms with van der Waals surface area (Å²) in [6.07, 6.45) is -2.15. The second-order valence-corrected chi connectivity index (χ2v) is 7.18. The van der Waals surface area contributed by atoms with Gasteiger partial charge < -0.3 is 10.1 Å². The van der Waals surface area contributed by atoms with Gasteiger partial charge in [0.05, 0.1) is 5.56 Å². The van der Waals surface area contributed by atoms with Crippen LogP contribution in [0.25, 0.3) is 11.7 Å². The molecule has 2 aromatic heterocycles. The Morgan fingerprint density at radius 3 is 2.51 bits per heavy atom. The molecule has 0 unspecified atom stereocenters. The predicted molar refractivity (Wildman–Crippen MR) is 122 cm³/mol. The first-order valence-electron chi connectivity index (χ1n) is 10.1. The molecule has 0 spiro atoms. The van der Waals surface area contributed by atoms with E-state index in [1.807, 2.05) is 0 Å². The van der Waals surface area contributed by atoms with E-state index in [0.717, 1.165) is 24.3 Å². The number of hydrogen-bond donors (Lipinski definition) is 1. The topological polar surface area (TPSA) is 96.5 Å². The number of nitrogens with zero attached hydrogens (tertiary/aromatic N) is 3. The van der Waals surface area contributed by atoms with Crippen LogP contribution in [0, 0.1) is 11.3 Å². The SMILES string of the molecule is N#C/C(=C/c1c(Oc2ccccc2)nc2ccccn2c1=O)C(=O)Nc1cccc(C(F)(F)F)c1. The molecule has 0 saturated heterocycles. The molecule has 10 heteroatoms. The van der Waals surface area contributed by atoms with E-state index in [9.17, 15) is 28.0 Å². The van der Waals surface area contributed by atoms with E-state index in [2.05, 4.69) is 10.3 Å². The molecule has 2 aromatic carbocycles. The summed E-state index contributed by atoms with van der Waals surface area (Å²) in [5, 5.41) is 11.8. The largest absolute Gasteiger partial charge is 0.438 e. The molecular weight excluding hydrogens is 461 g/mol. The van der Waals surface area contributed by atoms with Gasteiger partial charge in [-0.2, -0.15) is 23.4 Å². The van der Waals surface area contributed by atoms with Gasteiger partial charge in [0, 0.05) is 11.9 Å². The molecule has 1 N–H and O–H groups in total. The fourth-order valence-corrected chi connectivity index (χ4v) is 3.15. The second kappa shape index (κ2) is 9.52. The first kappa shape index (κ1) is 23.3. The monoisotopic (exact) mass is 476 g/mol. The van der Waals surface area contributed by atoms with E-state index in [0.29, 0.717) is 5.75 Å². The Hall–Kier alpha value is -4.91. The lowest BCUT2D eigenvalue weighted by Crippen LogP contribution is -2.20. The Bertz CT molecular complexity index is 1540. The van der Waals surface area contributed by atoms with Crippen molar-refractivity contribution in [2.75, 3.05) is 5.32 Å². The van der Waals surface area contributed by atoms with Crippen molar-refractivity contribution >= 4 is 23.3 Å². The lowest BCUT2D eigenvalue weighted by atomic mass is 10.1. The van der Waals surface area contributed by atoms with Crippen molar-refractivity contribution in [2.24, 2.45) is 0 Å². The number of pyridine rings is 1. The zero-order chi connectivity index (χ0) is 25.0. The van der Waals surface area contributed by atoms with E-state index < -0.39 is 28.8 Å². The van der Waals surface area contributed by atoms with Crippen LogP contribution in [-0.4, -0.2) is 15.3 Å². The summed E-state index contributed by atoms with van der Waals surface area (Å²) >= 11 is 0. The second-order valence-electron chi connectivity index (χ2n) is 7.18. The maximum absolute atomic E-state index is 13.2. The first-order chi connectivity index (χ1) is 16.8. The summed E-state index contributed by atoms with van der Waals surface area (Å²) in [4.78, 5) is 30.2. The number of nitriles is 1. The predicted octanol–water partition coefficient (Wildman–Crippen LogP) is 5.05. The normalized spacial score (nSPS) is 11.7. The van der Waals surface area contributed by atoms with Gasteiger partial charge >= 0.3 is 6.18 Å². The van der Waals surface area contributed by atoms with Gasteiger partial charge in [-0.3, -0.25) is 14.0 Å². The third-order valence-electron chi connectivity index (χ3n) is 4.79. The Morgan fingerprint density at radius 2 is 1.80 bits per heavy atom. The lowest BCUT2D eigenvalue weighted by Gasteiger charge is -2.11. The third kappa shape index (κ3) is 5.20. The van der Waals surface area contributed by atoms with Crippen molar-refractivity contribution < 1.29 is 22.7 Å². The molecule has 174 valence electrons. The van der Waals surface area contributed by atoms with E-state index >= 15 is 0 Å². The summed E-state index contributed by atoms with van der Waals surface area (Å²) in [6.45, 7) is 0. The quantitative estimate of drug-likeness (QED) is 0.321. The van der Waals surface area contributed by atoms with Gasteiger partial charge in [-0.1, -0.05) is 30.3 Å². The Kier molecular flexibility index (Phi) is 6.33. The number of alkyl halides is 3. The van der Waals surface area contributed by atoms with Gasteiger partial charge in [0.2, 0.25) is 5.88 Å². The molecule has 0 saturated carbocycles. The molecule has 0 aliphatic heterocycles. The smallest absolute Gasteiger partial charge is 0.416 e. The number of amides is 1. The molecule has 1 amide bonds. The van der Waals surface area contributed by atoms with Crippen LogP contribution in [0.2, 0.25) is 0 Å². The zero-order valence-corrected chi connectivity index (χ0v) is 17.8. The molecule has 35 heavy (non-hydrogen) atoms. The van der Waals surface area contributed by atoms with Gasteiger partial charge in [0.1, 0.15) is 28.6 Å². The molecule has 0 aliphatic carbocycles. The summed E-state index contributed by atoms with van der Waals surface area (Å²) in [7, 11) is 0. The van der Waals surface area contributed by atoms with Crippen molar-refractivity contribution in [1.29, 1.82) is 5.26 Å². The summed E-state index contributed by atoms with van der Waals surface area (Å²) in [5.41, 5.74) is -2.19. The van der Waals surface area contributed by atoms with Crippen LogP contribution in [0.15, 0.2) is 89.4 Å². The number of fused-ring (bicyclic) bond motifs is 1. The van der Waals surface area contributed by atoms with E-state index in [1.165, 1.54) is 16.7 Å². The van der Waals surface area contributed by atoms with Crippen molar-refractivity contribution in [3.8, 4) is 17.7 Å². The van der Waals surface area contributed by atoms with Crippen LogP contribution in [-0.2, 0) is 11.0 Å². The highest BCUT2D eigenvalue weighted by Gasteiger charge is 2.30. The lowest BCUT2D eigenvalue weighted by molar-refractivity contribution is -0.137. The minimum absolute atomic E-state index is 0.146. The number of ether oxygens (including phenoxy) is 1. The highest BCUT2D eigenvalue weighted by Crippen LogP contribution is 2.31. The number of carbonyl (C=O) groups is 1. The minimum atomic E-state index is -4.61. The highest BCUT2D eigenvalue weighted by atomic mass is 19.4. The number of carbonyl (C=O) groups excluding carboxylic acids is 1. The Labute approximate surface area is 196 Å². The Morgan fingerprint density at radius 1 is 1.06 bits per heavy atom. The average Bonchev–Trinajstić information content (AvgIpc) is 2.84. The molecule has 7 nitrogen and oxygen atoms in total. The maximum atomic E-state index is 13.2. The minimum Gasteiger partial charge on any atom is -0.438 e. The van der Waals surface area contributed by atoms with Gasteiger partial charge in [-0.05, 0) is 48.5 Å². The number of para-hydroxylation sites is 1. The van der Waals surface area contributed by atoms with E-state index in [1.54, 1.807) is 54.6 Å². The van der Waals surface area contributed by atoms with Gasteiger partial charge in [0.15, 0.2) is 0 Å². The number of hydrogen-bond acceptors (Lipinski definition) is 5. The molecule has 0 aliphatic rings. The van der Waals surface area contributed by atoms with Gasteiger partial charge in [-0.25, -0.2) is 0 Å². The van der Waals surface area contributed by atoms with E-state index in [4.69, 9.17) is 4.74 Å². The van der Waals surface area contributed by atoms with Crippen molar-refractivity contribution in [2.45, 2.75) is 6.18 Å². The molecular formula is C25H15F3N4O3. The van der Waals surface area contributed by atoms with Crippen molar-refractivity contribution in [1.82, 2.24) is 9.38 Å². The van der Waals surface area contributed by atoms with Crippen LogP contribution in [0.5, 0.6) is 11.6 Å². The summed E-state index contributed by atoms with van der Waals surface area (Å²) < 4.78 is 45.9. The number of anilines is 1. The maximum Gasteiger partial charge on any atom is 0.416 e. The standard InChI is InChI=1S/C25H15F3N4O3/c26-25(27,28)17-7-6-8-18(14-17)30-22(33)16(15-29)13-20-23(35-19-9-2-1-3-10-19)31-21-11-4-5-12-32(21)24(20)34/h1-14H,(H,30,33)/b16-13-. The molecule has 4 rings (SSSR count). The van der Waals surface area contributed by atoms with E-state index in [-0.39, 0.29) is 22.8 Å². The average molecular weight is 476 g/mol. The molecule has 2 heterocycles. The molecule has 0 radical (unpaired) electrons. The fourth-order valence-electron chi connectivity index (χ4n) is 3.15. The summed E-state index contributed by atoms with van der Waals surface area (Å²) in [6, 6.07) is 19.0. The first-order valence-corrected chi connectivity index (χ1v) is 10.1. The van der Waals surface area contributed by atoms with Crippen LogP contribution in [0.3, 0.4) is 0 Å². The molecule has 0 bridgehead atoms. The Balaban J connectivity index is 1.76. The van der Waals surface area contributed by atoms with Crippen LogP contribution >= 0.6 is 0 Å². The van der Waals surface area contributed by atoms with Crippen molar-refractivity contribution in [3.63, 3.8) is 0 Å². The van der Waals surface area contributed by atoms with Crippen LogP contribution in [0.1, 0.15) is 11.1 Å². The molecule has 0 fully saturated rings. The van der Waals surface area contributed by atoms with Gasteiger partial charge in [-0.15, -0.1) is 0 Å². The third-order valence-corrected chi connectivity index (χ3v) is 4.79. The fraction of sp³-hybridized carbons (Fsp3) is 0.0400. The number of aromatic nitrogens is 2. The number of nitrogens with one attached hydrogen (secondary N) is 1. The van der Waals surface area contributed by atoms with Crippen LogP contribution in [0.4, 0.5) is 18.9 Å². The van der Waals surface area contributed by atoms with Gasteiger partial charge in [0.25, 0.3) is 11.5 Å². The highest BCUT2D eigenvalue weighted by molar-refractivity contribution is 6.09. The zero-order valence-electron chi connectivity index (χ0n) is 17.8. The number of halogens is 3.